The molecule has 2 heterocycles. The Kier molecular flexibility index (Phi) is 1.55. The minimum Gasteiger partial charge on any atom is -0.342 e. The van der Waals surface area contributed by atoms with Crippen molar-refractivity contribution < 1.29 is 4.79 Å². The molecule has 0 spiro atoms. The molecule has 0 atom stereocenters. The second-order valence-corrected chi connectivity index (χ2v) is 2.24. The molecule has 0 aromatic carbocycles. The van der Waals surface area contributed by atoms with E-state index in [4.69, 9.17) is 0 Å². The lowest BCUT2D eigenvalue weighted by molar-refractivity contribution is 0.105. The molecule has 0 bridgehead atoms. The number of rotatable bonds is 2. The fraction of sp³-hybridized carbons (Fsp3) is 0.143. The number of hydrogen-bond donors (Lipinski definition) is 1. The number of carbonyl (C=O) groups is 1. The highest BCUT2D eigenvalue weighted by Gasteiger charge is 2.16. The zero-order chi connectivity index (χ0) is 8.39. The van der Waals surface area contributed by atoms with Crippen LogP contribution in [-0.4, -0.2) is 34.3 Å². The van der Waals surface area contributed by atoms with Crippen molar-refractivity contribution in [3.63, 3.8) is 0 Å². The van der Waals surface area contributed by atoms with Crippen molar-refractivity contribution in [1.29, 1.82) is 0 Å². The van der Waals surface area contributed by atoms with Crippen molar-refractivity contribution in [3.05, 3.63) is 18.2 Å². The standard InChI is InChI=1S/C7H6N4O/c12-5(6-8-1-2-9-6)7-10-3-4-11-7/h1-3H,4H2,(H,8,9). The summed E-state index contributed by atoms with van der Waals surface area (Å²) in [5.41, 5.74) is 0. The van der Waals surface area contributed by atoms with E-state index >= 15 is 0 Å². The van der Waals surface area contributed by atoms with Crippen molar-refractivity contribution in [3.8, 4) is 0 Å². The van der Waals surface area contributed by atoms with Gasteiger partial charge in [-0.25, -0.2) is 9.98 Å². The van der Waals surface area contributed by atoms with Gasteiger partial charge in [-0.3, -0.25) is 9.79 Å². The third-order valence-corrected chi connectivity index (χ3v) is 1.45. The summed E-state index contributed by atoms with van der Waals surface area (Å²) in [6.45, 7) is 0.488. The van der Waals surface area contributed by atoms with E-state index in [2.05, 4.69) is 20.0 Å². The number of amidine groups is 1. The van der Waals surface area contributed by atoms with E-state index in [1.165, 1.54) is 6.20 Å². The van der Waals surface area contributed by atoms with Gasteiger partial charge in [-0.2, -0.15) is 0 Å². The van der Waals surface area contributed by atoms with Crippen LogP contribution in [0.25, 0.3) is 0 Å². The van der Waals surface area contributed by atoms with Crippen LogP contribution in [0.4, 0.5) is 0 Å². The van der Waals surface area contributed by atoms with Gasteiger partial charge in [-0.15, -0.1) is 0 Å². The number of aromatic amines is 1. The molecule has 0 radical (unpaired) electrons. The molecule has 0 unspecified atom stereocenters. The Morgan fingerprint density at radius 3 is 3.08 bits per heavy atom. The minimum absolute atomic E-state index is 0.227. The lowest BCUT2D eigenvalue weighted by Gasteiger charge is -1.90. The predicted molar refractivity (Wildman–Crippen MR) is 43.7 cm³/mol. The number of aromatic nitrogens is 2. The molecule has 0 saturated carbocycles. The van der Waals surface area contributed by atoms with Crippen LogP contribution < -0.4 is 0 Å². The monoisotopic (exact) mass is 162 g/mol. The molecule has 0 amide bonds. The summed E-state index contributed by atoms with van der Waals surface area (Å²) >= 11 is 0. The first-order valence-electron chi connectivity index (χ1n) is 3.49. The molecular formula is C7H6N4O. The third kappa shape index (κ3) is 1.05. The number of carbonyl (C=O) groups excluding carboxylic acids is 1. The highest BCUT2D eigenvalue weighted by Crippen LogP contribution is 1.98. The minimum atomic E-state index is -0.256. The SMILES string of the molecule is O=C(C1=NCC=N1)c1ncc[nH]1. The summed E-state index contributed by atoms with van der Waals surface area (Å²) in [6, 6.07) is 0. The maximum Gasteiger partial charge on any atom is 0.264 e. The van der Waals surface area contributed by atoms with Crippen molar-refractivity contribution >= 4 is 17.8 Å². The van der Waals surface area contributed by atoms with Gasteiger partial charge in [-0.05, 0) is 0 Å². The Bertz CT molecular complexity index is 349. The van der Waals surface area contributed by atoms with E-state index in [0.717, 1.165) is 0 Å². The van der Waals surface area contributed by atoms with Crippen molar-refractivity contribution in [1.82, 2.24) is 9.97 Å². The Morgan fingerprint density at radius 1 is 1.58 bits per heavy atom. The molecular weight excluding hydrogens is 156 g/mol. The molecule has 1 aromatic heterocycles. The van der Waals surface area contributed by atoms with E-state index in [0.29, 0.717) is 6.54 Å². The molecule has 2 rings (SSSR count). The molecule has 5 nitrogen and oxygen atoms in total. The molecule has 60 valence electrons. The van der Waals surface area contributed by atoms with Crippen LogP contribution in [0.5, 0.6) is 0 Å². The normalized spacial score (nSPS) is 14.8. The molecule has 5 heteroatoms. The van der Waals surface area contributed by atoms with Crippen molar-refractivity contribution in [2.45, 2.75) is 0 Å². The lowest BCUT2D eigenvalue weighted by Crippen LogP contribution is -2.11. The Hall–Kier alpha value is -1.78. The van der Waals surface area contributed by atoms with E-state index in [1.807, 2.05) is 0 Å². The van der Waals surface area contributed by atoms with Crippen LogP contribution in [0.3, 0.4) is 0 Å². The molecule has 0 fully saturated rings. The van der Waals surface area contributed by atoms with Gasteiger partial charge in [0.2, 0.25) is 0 Å². The molecule has 1 aromatic rings. The van der Waals surface area contributed by atoms with Gasteiger partial charge >= 0.3 is 0 Å². The largest absolute Gasteiger partial charge is 0.342 e. The van der Waals surface area contributed by atoms with Gasteiger partial charge in [0.1, 0.15) is 0 Å². The Labute approximate surface area is 68.3 Å². The Balaban J connectivity index is 2.26. The highest BCUT2D eigenvalue weighted by atomic mass is 16.1. The molecule has 1 aliphatic heterocycles. The zero-order valence-electron chi connectivity index (χ0n) is 6.19. The van der Waals surface area contributed by atoms with Gasteiger partial charge in [0.15, 0.2) is 11.7 Å². The predicted octanol–water partition coefficient (Wildman–Crippen LogP) is 0.0753. The second-order valence-electron chi connectivity index (χ2n) is 2.24. The van der Waals surface area contributed by atoms with E-state index < -0.39 is 0 Å². The first-order chi connectivity index (χ1) is 5.88. The van der Waals surface area contributed by atoms with Gasteiger partial charge in [0.25, 0.3) is 5.78 Å². The first-order valence-corrected chi connectivity index (χ1v) is 3.49. The second kappa shape index (κ2) is 2.69. The number of nitrogens with one attached hydrogen (secondary N) is 1. The molecule has 12 heavy (non-hydrogen) atoms. The van der Waals surface area contributed by atoms with E-state index in [1.54, 1.807) is 12.4 Å². The van der Waals surface area contributed by atoms with Crippen LogP contribution in [0.1, 0.15) is 10.6 Å². The lowest BCUT2D eigenvalue weighted by atomic mass is 10.3. The zero-order valence-corrected chi connectivity index (χ0v) is 6.19. The molecule has 0 aliphatic carbocycles. The number of imidazole rings is 1. The molecule has 1 aliphatic rings. The summed E-state index contributed by atoms with van der Waals surface area (Å²) in [6.07, 6.45) is 4.70. The third-order valence-electron chi connectivity index (χ3n) is 1.45. The quantitative estimate of drug-likeness (QED) is 0.625. The number of hydrogen-bond acceptors (Lipinski definition) is 4. The average Bonchev–Trinajstić information content (AvgIpc) is 2.77. The summed E-state index contributed by atoms with van der Waals surface area (Å²) in [4.78, 5) is 25.6. The maximum atomic E-state index is 11.4. The number of nitrogens with zero attached hydrogens (tertiary/aromatic N) is 3. The van der Waals surface area contributed by atoms with Crippen LogP contribution >= 0.6 is 0 Å². The van der Waals surface area contributed by atoms with Crippen molar-refractivity contribution in [2.75, 3.05) is 6.54 Å². The van der Waals surface area contributed by atoms with Crippen LogP contribution in [0.2, 0.25) is 0 Å². The van der Waals surface area contributed by atoms with Gasteiger partial charge in [0, 0.05) is 18.6 Å². The highest BCUT2D eigenvalue weighted by molar-refractivity contribution is 6.46. The Morgan fingerprint density at radius 2 is 2.50 bits per heavy atom. The fourth-order valence-electron chi connectivity index (χ4n) is 0.921. The fourth-order valence-corrected chi connectivity index (χ4v) is 0.921. The topological polar surface area (TPSA) is 70.5 Å². The van der Waals surface area contributed by atoms with E-state index in [-0.39, 0.29) is 17.4 Å². The van der Waals surface area contributed by atoms with E-state index in [9.17, 15) is 4.79 Å². The molecule has 1 N–H and O–H groups in total. The summed E-state index contributed by atoms with van der Waals surface area (Å²) in [7, 11) is 0. The smallest absolute Gasteiger partial charge is 0.264 e. The van der Waals surface area contributed by atoms with Crippen LogP contribution in [0.15, 0.2) is 22.4 Å². The van der Waals surface area contributed by atoms with Crippen molar-refractivity contribution in [2.24, 2.45) is 9.98 Å². The molecule has 0 saturated heterocycles. The maximum absolute atomic E-state index is 11.4. The van der Waals surface area contributed by atoms with Gasteiger partial charge in [0.05, 0.1) is 6.54 Å². The first kappa shape index (κ1) is 6.90. The van der Waals surface area contributed by atoms with Crippen LogP contribution in [0, 0.1) is 0 Å². The average molecular weight is 162 g/mol. The van der Waals surface area contributed by atoms with Gasteiger partial charge < -0.3 is 4.98 Å². The number of aliphatic imine (C=N–C) groups is 2. The number of H-pyrrole nitrogens is 1. The summed E-state index contributed by atoms with van der Waals surface area (Å²) < 4.78 is 0. The number of ketones is 1. The summed E-state index contributed by atoms with van der Waals surface area (Å²) in [5.74, 6) is 0.256. The van der Waals surface area contributed by atoms with Crippen LogP contribution in [-0.2, 0) is 0 Å². The van der Waals surface area contributed by atoms with Gasteiger partial charge in [-0.1, -0.05) is 0 Å². The summed E-state index contributed by atoms with van der Waals surface area (Å²) in [5, 5.41) is 0. The number of Topliss-reactive ketones (excluding diaryl/α,β-unsaturated/α-hetero) is 1.